The predicted molar refractivity (Wildman–Crippen MR) is 206 cm³/mol. The third kappa shape index (κ3) is 4.66. The number of rotatable bonds is 4. The first-order chi connectivity index (χ1) is 25.2. The summed E-state index contributed by atoms with van der Waals surface area (Å²) in [5, 5.41) is 18.7. The van der Waals surface area contributed by atoms with Crippen molar-refractivity contribution >= 4 is 54.3 Å². The molecule has 0 amide bonds. The van der Waals surface area contributed by atoms with Crippen LogP contribution in [0.2, 0.25) is 0 Å². The monoisotopic (exact) mass is 650 g/mol. The number of hydrogen-bond donors (Lipinski definition) is 0. The lowest BCUT2D eigenvalue weighted by Gasteiger charge is -2.14. The second kappa shape index (κ2) is 11.5. The molecule has 0 radical (unpaired) electrons. The molecule has 5 heteroatoms. The molecule has 8 aromatic carbocycles. The Hall–Kier alpha value is -7.16. The number of hydrogen-bond acceptors (Lipinski definition) is 5. The summed E-state index contributed by atoms with van der Waals surface area (Å²) < 4.78 is 6.63. The zero-order valence-electron chi connectivity index (χ0n) is 27.2. The highest BCUT2D eigenvalue weighted by atomic mass is 16.3. The van der Waals surface area contributed by atoms with Gasteiger partial charge >= 0.3 is 0 Å². The SMILES string of the molecule is N#Cc1ccc(-c2ccc3c(oc4ccccc43)c2-c2nc(-c3ccccc3)nc(-c3ccc4c5ccccc5c5ccccc5c4c3)n2)cc1. The molecule has 0 bridgehead atoms. The molecule has 51 heavy (non-hydrogen) atoms. The number of aromatic nitrogens is 3. The van der Waals surface area contributed by atoms with Crippen LogP contribution in [0.5, 0.6) is 0 Å². The lowest BCUT2D eigenvalue weighted by Crippen LogP contribution is -2.01. The lowest BCUT2D eigenvalue weighted by molar-refractivity contribution is 0.669. The molecule has 2 aromatic heterocycles. The third-order valence-electron chi connectivity index (χ3n) is 9.77. The molecule has 0 N–H and O–H groups in total. The van der Waals surface area contributed by atoms with Gasteiger partial charge in [-0.2, -0.15) is 5.26 Å². The predicted octanol–water partition coefficient (Wildman–Crippen LogP) is 11.8. The highest BCUT2D eigenvalue weighted by molar-refractivity contribution is 6.25. The molecule has 0 aliphatic rings. The van der Waals surface area contributed by atoms with E-state index >= 15 is 0 Å². The number of nitriles is 1. The summed E-state index contributed by atoms with van der Waals surface area (Å²) in [4.78, 5) is 15.5. The molecule has 0 spiro atoms. The summed E-state index contributed by atoms with van der Waals surface area (Å²) >= 11 is 0. The third-order valence-corrected chi connectivity index (χ3v) is 9.77. The van der Waals surface area contributed by atoms with E-state index < -0.39 is 0 Å². The maximum Gasteiger partial charge on any atom is 0.168 e. The van der Waals surface area contributed by atoms with Gasteiger partial charge in [0.2, 0.25) is 0 Å². The van der Waals surface area contributed by atoms with Crippen molar-refractivity contribution in [1.82, 2.24) is 15.0 Å². The Labute approximate surface area is 292 Å². The second-order valence-electron chi connectivity index (χ2n) is 12.7. The van der Waals surface area contributed by atoms with Gasteiger partial charge in [0, 0.05) is 21.9 Å². The van der Waals surface area contributed by atoms with Crippen LogP contribution in [-0.2, 0) is 0 Å². The first kappa shape index (κ1) is 28.8. The van der Waals surface area contributed by atoms with Crippen molar-refractivity contribution in [2.45, 2.75) is 0 Å². The zero-order chi connectivity index (χ0) is 33.9. The van der Waals surface area contributed by atoms with E-state index in [0.29, 0.717) is 28.6 Å². The summed E-state index contributed by atoms with van der Waals surface area (Å²) in [5.41, 5.74) is 6.46. The molecule has 0 fully saturated rings. The summed E-state index contributed by atoms with van der Waals surface area (Å²) in [6.07, 6.45) is 0. The smallest absolute Gasteiger partial charge is 0.168 e. The van der Waals surface area contributed by atoms with Crippen molar-refractivity contribution in [2.24, 2.45) is 0 Å². The zero-order valence-corrected chi connectivity index (χ0v) is 27.2. The van der Waals surface area contributed by atoms with Crippen LogP contribution >= 0.6 is 0 Å². The van der Waals surface area contributed by atoms with E-state index in [9.17, 15) is 5.26 Å². The molecule has 0 aliphatic heterocycles. The molecule has 0 saturated heterocycles. The van der Waals surface area contributed by atoms with Gasteiger partial charge in [0.1, 0.15) is 11.2 Å². The van der Waals surface area contributed by atoms with E-state index in [1.54, 1.807) is 0 Å². The minimum absolute atomic E-state index is 0.506. The van der Waals surface area contributed by atoms with Crippen molar-refractivity contribution < 1.29 is 4.42 Å². The minimum atomic E-state index is 0.506. The molecule has 0 atom stereocenters. The maximum atomic E-state index is 9.52. The standard InChI is InChI=1S/C46H26N4O/c47-27-28-18-20-29(21-19-28)32-24-25-39-38-16-8-9-17-41(38)51-43(39)42(32)46-49-44(30-10-2-1-3-11-30)48-45(50-46)31-22-23-37-35-14-5-4-12-33(35)34-13-6-7-15-36(34)40(37)26-31/h1-26H. The number of benzene rings is 8. The van der Waals surface area contributed by atoms with Gasteiger partial charge in [0.05, 0.1) is 17.2 Å². The van der Waals surface area contributed by atoms with Crippen LogP contribution < -0.4 is 0 Å². The van der Waals surface area contributed by atoms with E-state index in [0.717, 1.165) is 49.6 Å². The van der Waals surface area contributed by atoms with Gasteiger partial charge in [-0.05, 0) is 73.8 Å². The maximum absolute atomic E-state index is 9.52. The number of furan rings is 1. The van der Waals surface area contributed by atoms with Crippen molar-refractivity contribution in [3.63, 3.8) is 0 Å². The van der Waals surface area contributed by atoms with E-state index in [1.165, 1.54) is 26.9 Å². The number of fused-ring (bicyclic) bond motifs is 9. The van der Waals surface area contributed by atoms with Crippen molar-refractivity contribution in [3.05, 3.63) is 163 Å². The molecule has 10 aromatic rings. The summed E-state index contributed by atoms with van der Waals surface area (Å²) in [5.74, 6) is 1.64. The van der Waals surface area contributed by atoms with Crippen molar-refractivity contribution in [1.29, 1.82) is 5.26 Å². The molecule has 10 rings (SSSR count). The molecule has 5 nitrogen and oxygen atoms in total. The van der Waals surface area contributed by atoms with Crippen LogP contribution in [0, 0.1) is 11.3 Å². The highest BCUT2D eigenvalue weighted by Gasteiger charge is 2.22. The second-order valence-corrected chi connectivity index (χ2v) is 12.7. The molecular formula is C46H26N4O. The Bertz CT molecular complexity index is 2990. The highest BCUT2D eigenvalue weighted by Crippen LogP contribution is 2.42. The van der Waals surface area contributed by atoms with Crippen molar-refractivity contribution in [3.8, 4) is 51.4 Å². The fourth-order valence-corrected chi connectivity index (χ4v) is 7.36. The minimum Gasteiger partial charge on any atom is -0.455 e. The van der Waals surface area contributed by atoms with E-state index in [2.05, 4.69) is 91.0 Å². The molecule has 0 aliphatic carbocycles. The molecule has 0 saturated carbocycles. The normalized spacial score (nSPS) is 11.5. The summed E-state index contributed by atoms with van der Waals surface area (Å²) in [6, 6.07) is 55.7. The topological polar surface area (TPSA) is 75.6 Å². The average Bonchev–Trinajstić information content (AvgIpc) is 3.59. The van der Waals surface area contributed by atoms with Gasteiger partial charge in [-0.15, -0.1) is 0 Å². The van der Waals surface area contributed by atoms with Crippen LogP contribution in [0.15, 0.2) is 162 Å². The van der Waals surface area contributed by atoms with E-state index in [4.69, 9.17) is 19.4 Å². The molecule has 2 heterocycles. The Morgan fingerprint density at radius 1 is 0.412 bits per heavy atom. The summed E-state index contributed by atoms with van der Waals surface area (Å²) in [7, 11) is 0. The molecule has 236 valence electrons. The van der Waals surface area contributed by atoms with Crippen LogP contribution in [-0.4, -0.2) is 15.0 Å². The number of nitrogens with zero attached hydrogens (tertiary/aromatic N) is 4. The van der Waals surface area contributed by atoms with Gasteiger partial charge in [-0.1, -0.05) is 127 Å². The quantitative estimate of drug-likeness (QED) is 0.177. The fraction of sp³-hybridized carbons (Fsp3) is 0. The largest absolute Gasteiger partial charge is 0.455 e. The Morgan fingerprint density at radius 3 is 1.63 bits per heavy atom. The van der Waals surface area contributed by atoms with Gasteiger partial charge in [0.15, 0.2) is 17.5 Å². The van der Waals surface area contributed by atoms with Gasteiger partial charge in [-0.3, -0.25) is 0 Å². The molecule has 0 unspecified atom stereocenters. The first-order valence-electron chi connectivity index (χ1n) is 16.8. The summed E-state index contributed by atoms with van der Waals surface area (Å²) in [6.45, 7) is 0. The first-order valence-corrected chi connectivity index (χ1v) is 16.8. The Kier molecular flexibility index (Phi) is 6.48. The van der Waals surface area contributed by atoms with Gasteiger partial charge in [-0.25, -0.2) is 15.0 Å². The fourth-order valence-electron chi connectivity index (χ4n) is 7.36. The number of para-hydroxylation sites is 1. The van der Waals surface area contributed by atoms with Crippen LogP contribution in [0.4, 0.5) is 0 Å². The van der Waals surface area contributed by atoms with Crippen LogP contribution in [0.3, 0.4) is 0 Å². The van der Waals surface area contributed by atoms with Gasteiger partial charge < -0.3 is 4.42 Å². The van der Waals surface area contributed by atoms with Crippen molar-refractivity contribution in [2.75, 3.05) is 0 Å². The average molecular weight is 651 g/mol. The Balaban J connectivity index is 1.28. The van der Waals surface area contributed by atoms with Gasteiger partial charge in [0.25, 0.3) is 0 Å². The van der Waals surface area contributed by atoms with E-state index in [1.807, 2.05) is 72.8 Å². The Morgan fingerprint density at radius 2 is 0.941 bits per heavy atom. The van der Waals surface area contributed by atoms with E-state index in [-0.39, 0.29) is 0 Å². The van der Waals surface area contributed by atoms with Crippen LogP contribution in [0.1, 0.15) is 5.56 Å². The lowest BCUT2D eigenvalue weighted by atomic mass is 9.93. The van der Waals surface area contributed by atoms with Crippen LogP contribution in [0.25, 0.3) is 99.5 Å². The molecular weight excluding hydrogens is 625 g/mol.